The highest BCUT2D eigenvalue weighted by molar-refractivity contribution is 5.85. The molecule has 0 bridgehead atoms. The van der Waals surface area contributed by atoms with Gasteiger partial charge in [0.25, 0.3) is 0 Å². The Balaban J connectivity index is 0.00000324. The van der Waals surface area contributed by atoms with Gasteiger partial charge in [0.2, 0.25) is 0 Å². The van der Waals surface area contributed by atoms with Crippen LogP contribution < -0.4 is 0 Å². The monoisotopic (exact) mass is 291 g/mol. The lowest BCUT2D eigenvalue weighted by atomic mass is 9.91. The van der Waals surface area contributed by atoms with Crippen LogP contribution >= 0.6 is 12.4 Å². The van der Waals surface area contributed by atoms with Crippen molar-refractivity contribution in [2.24, 2.45) is 5.92 Å². The molecule has 1 fully saturated rings. The topological polar surface area (TPSA) is 23.5 Å². The zero-order valence-electron chi connectivity index (χ0n) is 12.8. The first kappa shape index (κ1) is 19.2. The highest BCUT2D eigenvalue weighted by Crippen LogP contribution is 2.23. The van der Waals surface area contributed by atoms with Crippen LogP contribution in [-0.2, 0) is 0 Å². The van der Waals surface area contributed by atoms with Crippen molar-refractivity contribution in [2.75, 3.05) is 26.2 Å². The van der Waals surface area contributed by atoms with Crippen molar-refractivity contribution in [2.45, 2.75) is 71.1 Å². The molecular formula is C16H34ClNO. The van der Waals surface area contributed by atoms with Gasteiger partial charge in [-0.15, -0.1) is 12.4 Å². The number of halogens is 1. The molecule has 0 aromatic heterocycles. The van der Waals surface area contributed by atoms with Crippen LogP contribution in [0.25, 0.3) is 0 Å². The van der Waals surface area contributed by atoms with Gasteiger partial charge in [-0.1, -0.05) is 51.9 Å². The molecule has 0 aromatic rings. The van der Waals surface area contributed by atoms with Crippen molar-refractivity contribution < 1.29 is 5.11 Å². The first-order valence-electron chi connectivity index (χ1n) is 8.20. The second kappa shape index (κ2) is 13.2. The molecular weight excluding hydrogens is 258 g/mol. The molecule has 0 atom stereocenters. The standard InChI is InChI=1S/C16H33NO.ClH/c1-2-3-4-5-6-7-9-16-10-13-17(14-11-16)12-8-15-18;/h16,18H,2-15H2,1H3;1H. The van der Waals surface area contributed by atoms with Gasteiger partial charge in [0.1, 0.15) is 0 Å². The number of aliphatic hydroxyl groups excluding tert-OH is 1. The molecule has 0 amide bonds. The van der Waals surface area contributed by atoms with Crippen LogP contribution in [0, 0.1) is 5.92 Å². The van der Waals surface area contributed by atoms with Gasteiger partial charge in [0.15, 0.2) is 0 Å². The van der Waals surface area contributed by atoms with E-state index in [9.17, 15) is 0 Å². The van der Waals surface area contributed by atoms with E-state index in [0.29, 0.717) is 6.61 Å². The van der Waals surface area contributed by atoms with Crippen LogP contribution in [0.3, 0.4) is 0 Å². The Morgan fingerprint density at radius 1 is 0.947 bits per heavy atom. The van der Waals surface area contributed by atoms with Crippen LogP contribution in [0.2, 0.25) is 0 Å². The molecule has 2 nitrogen and oxygen atoms in total. The van der Waals surface area contributed by atoms with E-state index in [-0.39, 0.29) is 12.4 Å². The number of rotatable bonds is 10. The quantitative estimate of drug-likeness (QED) is 0.608. The average molecular weight is 292 g/mol. The fourth-order valence-electron chi connectivity index (χ4n) is 3.01. The van der Waals surface area contributed by atoms with Gasteiger partial charge in [0, 0.05) is 13.2 Å². The summed E-state index contributed by atoms with van der Waals surface area (Å²) in [4.78, 5) is 2.52. The summed E-state index contributed by atoms with van der Waals surface area (Å²) < 4.78 is 0. The Morgan fingerprint density at radius 3 is 2.21 bits per heavy atom. The van der Waals surface area contributed by atoms with Gasteiger partial charge in [-0.25, -0.2) is 0 Å². The van der Waals surface area contributed by atoms with E-state index in [1.807, 2.05) is 0 Å². The minimum Gasteiger partial charge on any atom is -0.396 e. The van der Waals surface area contributed by atoms with Gasteiger partial charge in [-0.2, -0.15) is 0 Å². The van der Waals surface area contributed by atoms with Crippen molar-refractivity contribution in [3.05, 3.63) is 0 Å². The lowest BCUT2D eigenvalue weighted by Gasteiger charge is -2.31. The predicted molar refractivity (Wildman–Crippen MR) is 86.1 cm³/mol. The molecule has 0 radical (unpaired) electrons. The molecule has 0 aromatic carbocycles. The van der Waals surface area contributed by atoms with Crippen LogP contribution in [0.15, 0.2) is 0 Å². The van der Waals surface area contributed by atoms with Gasteiger partial charge in [-0.3, -0.25) is 0 Å². The maximum Gasteiger partial charge on any atom is 0.0443 e. The molecule has 0 aliphatic carbocycles. The Kier molecular flexibility index (Phi) is 13.4. The number of hydrogen-bond donors (Lipinski definition) is 1. The number of hydrogen-bond acceptors (Lipinski definition) is 2. The first-order chi connectivity index (χ1) is 8.86. The third-order valence-corrected chi connectivity index (χ3v) is 4.31. The number of nitrogens with zero attached hydrogens (tertiary/aromatic N) is 1. The summed E-state index contributed by atoms with van der Waals surface area (Å²) in [5.74, 6) is 0.988. The Bertz CT molecular complexity index is 182. The molecule has 1 aliphatic rings. The number of aliphatic hydroxyl groups is 1. The fourth-order valence-corrected chi connectivity index (χ4v) is 3.01. The predicted octanol–water partition coefficient (Wildman–Crippen LogP) is 4.25. The molecule has 1 rings (SSSR count). The summed E-state index contributed by atoms with van der Waals surface area (Å²) in [6.45, 7) is 6.25. The molecule has 19 heavy (non-hydrogen) atoms. The number of piperidine rings is 1. The largest absolute Gasteiger partial charge is 0.396 e. The molecule has 1 aliphatic heterocycles. The summed E-state index contributed by atoms with van der Waals surface area (Å²) in [6.07, 6.45) is 13.7. The van der Waals surface area contributed by atoms with E-state index in [4.69, 9.17) is 5.11 Å². The summed E-state index contributed by atoms with van der Waals surface area (Å²) in [5.41, 5.74) is 0. The minimum atomic E-state index is 0. The van der Waals surface area contributed by atoms with E-state index < -0.39 is 0 Å². The molecule has 116 valence electrons. The van der Waals surface area contributed by atoms with Crippen molar-refractivity contribution in [1.29, 1.82) is 0 Å². The number of likely N-dealkylation sites (tertiary alicyclic amines) is 1. The maximum atomic E-state index is 8.83. The number of unbranched alkanes of at least 4 members (excludes halogenated alkanes) is 5. The van der Waals surface area contributed by atoms with E-state index in [1.54, 1.807) is 0 Å². The Morgan fingerprint density at radius 2 is 1.58 bits per heavy atom. The van der Waals surface area contributed by atoms with E-state index in [0.717, 1.165) is 18.9 Å². The SMILES string of the molecule is CCCCCCCCC1CCN(CCCO)CC1.Cl. The first-order valence-corrected chi connectivity index (χ1v) is 8.20. The summed E-state index contributed by atoms with van der Waals surface area (Å²) >= 11 is 0. The van der Waals surface area contributed by atoms with Crippen molar-refractivity contribution in [3.8, 4) is 0 Å². The molecule has 0 unspecified atom stereocenters. The van der Waals surface area contributed by atoms with Crippen molar-refractivity contribution in [1.82, 2.24) is 4.90 Å². The second-order valence-electron chi connectivity index (χ2n) is 5.92. The van der Waals surface area contributed by atoms with Crippen molar-refractivity contribution >= 4 is 12.4 Å². The smallest absolute Gasteiger partial charge is 0.0443 e. The van der Waals surface area contributed by atoms with E-state index in [2.05, 4.69) is 11.8 Å². The summed E-state index contributed by atoms with van der Waals surface area (Å²) in [7, 11) is 0. The third kappa shape index (κ3) is 9.70. The van der Waals surface area contributed by atoms with Gasteiger partial charge in [0.05, 0.1) is 0 Å². The lowest BCUT2D eigenvalue weighted by Crippen LogP contribution is -2.34. The van der Waals surface area contributed by atoms with Gasteiger partial charge >= 0.3 is 0 Å². The zero-order chi connectivity index (χ0) is 13.1. The Labute approximate surface area is 126 Å². The average Bonchev–Trinajstić information content (AvgIpc) is 2.42. The molecule has 1 N–H and O–H groups in total. The molecule has 0 spiro atoms. The van der Waals surface area contributed by atoms with Crippen LogP contribution in [0.5, 0.6) is 0 Å². The summed E-state index contributed by atoms with van der Waals surface area (Å²) in [5, 5.41) is 8.83. The van der Waals surface area contributed by atoms with Crippen LogP contribution in [0.1, 0.15) is 71.1 Å². The van der Waals surface area contributed by atoms with Gasteiger partial charge in [-0.05, 0) is 38.3 Å². The van der Waals surface area contributed by atoms with Gasteiger partial charge < -0.3 is 10.0 Å². The van der Waals surface area contributed by atoms with Crippen LogP contribution in [0.4, 0.5) is 0 Å². The molecule has 3 heteroatoms. The van der Waals surface area contributed by atoms with Crippen molar-refractivity contribution in [3.63, 3.8) is 0 Å². The lowest BCUT2D eigenvalue weighted by molar-refractivity contribution is 0.162. The highest BCUT2D eigenvalue weighted by Gasteiger charge is 2.17. The van der Waals surface area contributed by atoms with E-state index >= 15 is 0 Å². The van der Waals surface area contributed by atoms with E-state index in [1.165, 1.54) is 70.9 Å². The minimum absolute atomic E-state index is 0. The molecule has 0 saturated carbocycles. The maximum absolute atomic E-state index is 8.83. The second-order valence-corrected chi connectivity index (χ2v) is 5.92. The zero-order valence-corrected chi connectivity index (χ0v) is 13.6. The summed E-state index contributed by atoms with van der Waals surface area (Å²) in [6, 6.07) is 0. The molecule has 1 saturated heterocycles. The normalized spacial score (nSPS) is 17.4. The third-order valence-electron chi connectivity index (χ3n) is 4.31. The molecule has 1 heterocycles. The Hall–Kier alpha value is 0.210. The van der Waals surface area contributed by atoms with Crippen LogP contribution in [-0.4, -0.2) is 36.2 Å². The fraction of sp³-hybridized carbons (Fsp3) is 1.00. The highest BCUT2D eigenvalue weighted by atomic mass is 35.5.